The fourth-order valence-electron chi connectivity index (χ4n) is 3.52. The molecule has 0 unspecified atom stereocenters. The average molecular weight is 429 g/mol. The minimum Gasteiger partial charge on any atom is -0.314 e. The van der Waals surface area contributed by atoms with E-state index in [4.69, 9.17) is 0 Å². The maximum atomic E-state index is 13.0. The van der Waals surface area contributed by atoms with Crippen molar-refractivity contribution in [2.45, 2.75) is 38.1 Å². The number of nitrogens with zero attached hydrogens (tertiary/aromatic N) is 1. The van der Waals surface area contributed by atoms with Crippen LogP contribution in [-0.4, -0.2) is 31.3 Å². The van der Waals surface area contributed by atoms with Gasteiger partial charge in [-0.25, -0.2) is 0 Å². The number of carbonyl (C=O) groups is 2. The maximum absolute atomic E-state index is 13.0. The van der Waals surface area contributed by atoms with Crippen molar-refractivity contribution in [2.24, 2.45) is 0 Å². The minimum atomic E-state index is -0.0909. The van der Waals surface area contributed by atoms with E-state index in [-0.39, 0.29) is 18.2 Å². The van der Waals surface area contributed by atoms with Crippen molar-refractivity contribution in [3.8, 4) is 0 Å². The molecule has 1 N–H and O–H groups in total. The monoisotopic (exact) mass is 428 g/mol. The van der Waals surface area contributed by atoms with Gasteiger partial charge in [0.2, 0.25) is 5.91 Å². The fourth-order valence-corrected chi connectivity index (χ4v) is 3.88. The summed E-state index contributed by atoms with van der Waals surface area (Å²) in [4.78, 5) is 27.3. The third-order valence-electron chi connectivity index (χ3n) is 5.12. The lowest BCUT2D eigenvalue weighted by molar-refractivity contribution is -0.117. The first-order valence-corrected chi connectivity index (χ1v) is 10.2. The van der Waals surface area contributed by atoms with Gasteiger partial charge in [-0.2, -0.15) is 0 Å². The summed E-state index contributed by atoms with van der Waals surface area (Å²) in [6.07, 6.45) is 6.00. The normalized spacial score (nSPS) is 14.7. The summed E-state index contributed by atoms with van der Waals surface area (Å²) < 4.78 is 0.812. The lowest BCUT2D eigenvalue weighted by Crippen LogP contribution is -2.41. The lowest BCUT2D eigenvalue weighted by Gasteiger charge is -2.25. The first-order valence-electron chi connectivity index (χ1n) is 9.45. The van der Waals surface area contributed by atoms with Gasteiger partial charge in [-0.3, -0.25) is 9.59 Å². The first-order chi connectivity index (χ1) is 13.1. The van der Waals surface area contributed by atoms with E-state index in [1.807, 2.05) is 30.3 Å². The van der Waals surface area contributed by atoms with Gasteiger partial charge in [0.15, 0.2) is 5.78 Å². The van der Waals surface area contributed by atoms with Gasteiger partial charge in [-0.15, -0.1) is 0 Å². The summed E-state index contributed by atoms with van der Waals surface area (Å²) in [6.45, 7) is 0.288. The van der Waals surface area contributed by atoms with Crippen LogP contribution in [0.4, 0.5) is 5.69 Å². The number of hydrogen-bond donors (Lipinski definition) is 1. The second-order valence-corrected chi connectivity index (χ2v) is 7.94. The van der Waals surface area contributed by atoms with Crippen LogP contribution < -0.4 is 10.2 Å². The summed E-state index contributed by atoms with van der Waals surface area (Å²) in [5.41, 5.74) is 1.75. The molecular weight excluding hydrogens is 404 g/mol. The third kappa shape index (κ3) is 5.05. The third-order valence-corrected chi connectivity index (χ3v) is 5.62. The highest BCUT2D eigenvalue weighted by Crippen LogP contribution is 2.26. The molecule has 0 saturated heterocycles. The summed E-state index contributed by atoms with van der Waals surface area (Å²) in [5.74, 6) is -0.128. The molecule has 5 heteroatoms. The molecule has 0 aliphatic heterocycles. The topological polar surface area (TPSA) is 49.4 Å². The zero-order chi connectivity index (χ0) is 19.2. The molecule has 4 nitrogen and oxygen atoms in total. The van der Waals surface area contributed by atoms with E-state index < -0.39 is 0 Å². The molecule has 0 radical (unpaired) electrons. The van der Waals surface area contributed by atoms with Gasteiger partial charge in [0, 0.05) is 28.7 Å². The Kier molecular flexibility index (Phi) is 6.80. The van der Waals surface area contributed by atoms with E-state index in [1.165, 1.54) is 19.3 Å². The van der Waals surface area contributed by atoms with Crippen molar-refractivity contribution in [2.75, 3.05) is 18.5 Å². The number of amides is 1. The van der Waals surface area contributed by atoms with Crippen LogP contribution in [0.15, 0.2) is 53.0 Å². The van der Waals surface area contributed by atoms with E-state index >= 15 is 0 Å². The molecule has 0 bridgehead atoms. The highest BCUT2D eigenvalue weighted by Gasteiger charge is 2.21. The molecule has 27 heavy (non-hydrogen) atoms. The Morgan fingerprint density at radius 3 is 2.48 bits per heavy atom. The van der Waals surface area contributed by atoms with E-state index in [9.17, 15) is 9.59 Å². The number of likely N-dealkylation sites (N-methyl/N-ethyl adjacent to an activating group) is 1. The van der Waals surface area contributed by atoms with Crippen LogP contribution in [0.5, 0.6) is 0 Å². The number of nitrogens with one attached hydrogen (secondary N) is 1. The average Bonchev–Trinajstić information content (AvgIpc) is 2.72. The van der Waals surface area contributed by atoms with Crippen molar-refractivity contribution in [3.05, 3.63) is 64.1 Å². The molecule has 2 aromatic carbocycles. The van der Waals surface area contributed by atoms with Gasteiger partial charge in [-0.05, 0) is 31.0 Å². The predicted octanol–water partition coefficient (Wildman–Crippen LogP) is 4.57. The summed E-state index contributed by atoms with van der Waals surface area (Å²) in [6, 6.07) is 15.0. The highest BCUT2D eigenvalue weighted by molar-refractivity contribution is 9.10. The Labute approximate surface area is 169 Å². The Morgan fingerprint density at radius 1 is 1.07 bits per heavy atom. The van der Waals surface area contributed by atoms with E-state index in [1.54, 1.807) is 30.1 Å². The Balaban J connectivity index is 1.76. The van der Waals surface area contributed by atoms with E-state index in [0.29, 0.717) is 22.9 Å². The fraction of sp³-hybridized carbons (Fsp3) is 0.364. The van der Waals surface area contributed by atoms with Crippen molar-refractivity contribution in [1.82, 2.24) is 5.32 Å². The van der Waals surface area contributed by atoms with Crippen LogP contribution >= 0.6 is 15.9 Å². The van der Waals surface area contributed by atoms with Crippen LogP contribution in [0.2, 0.25) is 0 Å². The summed E-state index contributed by atoms with van der Waals surface area (Å²) >= 11 is 3.44. The molecule has 1 aliphatic carbocycles. The van der Waals surface area contributed by atoms with Crippen LogP contribution in [0.3, 0.4) is 0 Å². The van der Waals surface area contributed by atoms with E-state index in [2.05, 4.69) is 21.2 Å². The van der Waals surface area contributed by atoms with Crippen molar-refractivity contribution < 1.29 is 9.59 Å². The summed E-state index contributed by atoms with van der Waals surface area (Å²) in [5, 5.41) is 3.38. The highest BCUT2D eigenvalue weighted by atomic mass is 79.9. The molecule has 0 atom stereocenters. The number of ketones is 1. The Bertz CT molecular complexity index is 801. The molecule has 3 rings (SSSR count). The molecule has 2 aromatic rings. The van der Waals surface area contributed by atoms with Crippen molar-refractivity contribution in [3.63, 3.8) is 0 Å². The van der Waals surface area contributed by atoms with Gasteiger partial charge < -0.3 is 10.2 Å². The van der Waals surface area contributed by atoms with Gasteiger partial charge in [0.25, 0.3) is 0 Å². The number of hydrogen-bond acceptors (Lipinski definition) is 3. The molecule has 0 heterocycles. The number of anilines is 1. The lowest BCUT2D eigenvalue weighted by atomic mass is 9.95. The smallest absolute Gasteiger partial charge is 0.240 e. The quantitative estimate of drug-likeness (QED) is 0.685. The SMILES string of the molecule is CN(C(=O)CNC1CCCCC1)c1ccc(Br)cc1C(=O)c1ccccc1. The first kappa shape index (κ1) is 19.8. The molecule has 1 aliphatic rings. The largest absolute Gasteiger partial charge is 0.314 e. The molecule has 1 fully saturated rings. The van der Waals surface area contributed by atoms with Gasteiger partial charge in [0.1, 0.15) is 0 Å². The second-order valence-electron chi connectivity index (χ2n) is 7.03. The van der Waals surface area contributed by atoms with Crippen molar-refractivity contribution >= 4 is 33.3 Å². The van der Waals surface area contributed by atoms with Crippen molar-refractivity contribution in [1.29, 1.82) is 0 Å². The van der Waals surface area contributed by atoms with Crippen LogP contribution in [0.25, 0.3) is 0 Å². The molecule has 1 saturated carbocycles. The van der Waals surface area contributed by atoms with Gasteiger partial charge in [-0.1, -0.05) is 65.5 Å². The molecule has 1 amide bonds. The minimum absolute atomic E-state index is 0.0370. The number of halogens is 1. The molecule has 142 valence electrons. The predicted molar refractivity (Wildman–Crippen MR) is 112 cm³/mol. The van der Waals surface area contributed by atoms with E-state index in [0.717, 1.165) is 17.3 Å². The number of carbonyl (C=O) groups excluding carboxylic acids is 2. The number of rotatable bonds is 6. The standard InChI is InChI=1S/C22H25BrN2O2/c1-25(21(26)15-24-18-10-6-3-7-11-18)20-13-12-17(23)14-19(20)22(27)16-8-4-2-5-9-16/h2,4-5,8-9,12-14,18,24H,3,6-7,10-11,15H2,1H3. The van der Waals surface area contributed by atoms with Crippen LogP contribution in [0, 0.1) is 0 Å². The van der Waals surface area contributed by atoms with Gasteiger partial charge >= 0.3 is 0 Å². The Morgan fingerprint density at radius 2 is 1.78 bits per heavy atom. The molecule has 0 spiro atoms. The van der Waals surface area contributed by atoms with Crippen LogP contribution in [0.1, 0.15) is 48.0 Å². The maximum Gasteiger partial charge on any atom is 0.240 e. The zero-order valence-electron chi connectivity index (χ0n) is 15.6. The second kappa shape index (κ2) is 9.29. The molecular formula is C22H25BrN2O2. The number of benzene rings is 2. The molecule has 0 aromatic heterocycles. The summed E-state index contributed by atoms with van der Waals surface area (Å²) in [7, 11) is 1.73. The van der Waals surface area contributed by atoms with Gasteiger partial charge in [0.05, 0.1) is 12.2 Å². The zero-order valence-corrected chi connectivity index (χ0v) is 17.2. The van der Waals surface area contributed by atoms with Crippen LogP contribution in [-0.2, 0) is 4.79 Å². The Hall–Kier alpha value is -1.98.